The highest BCUT2D eigenvalue weighted by atomic mass is 35.5. The molecule has 0 radical (unpaired) electrons. The summed E-state index contributed by atoms with van der Waals surface area (Å²) in [6, 6.07) is 5.37. The van der Waals surface area contributed by atoms with E-state index in [1.807, 2.05) is 6.07 Å². The zero-order chi connectivity index (χ0) is 15.4. The third-order valence-corrected chi connectivity index (χ3v) is 4.28. The van der Waals surface area contributed by atoms with Crippen LogP contribution in [0.25, 0.3) is 11.1 Å². The van der Waals surface area contributed by atoms with Gasteiger partial charge in [0.2, 0.25) is 5.88 Å². The molecule has 0 aliphatic carbocycles. The number of anilines is 1. The maximum absolute atomic E-state index is 6.31. The lowest BCUT2D eigenvalue weighted by molar-refractivity contribution is 0.412. The largest absolute Gasteiger partial charge is 0.367 e. The first-order chi connectivity index (χ1) is 10.1. The van der Waals surface area contributed by atoms with Gasteiger partial charge >= 0.3 is 0 Å². The van der Waals surface area contributed by atoms with Crippen LogP contribution in [0, 0.1) is 0 Å². The number of hydrogen-bond donors (Lipinski definition) is 1. The van der Waals surface area contributed by atoms with E-state index in [1.165, 1.54) is 0 Å². The molecule has 0 aliphatic heterocycles. The van der Waals surface area contributed by atoms with Crippen LogP contribution in [0.1, 0.15) is 51.1 Å². The Bertz CT molecular complexity index is 610. The molecule has 2 N–H and O–H groups in total. The zero-order valence-electron chi connectivity index (χ0n) is 12.3. The fourth-order valence-corrected chi connectivity index (χ4v) is 3.05. The Balaban J connectivity index is 2.46. The van der Waals surface area contributed by atoms with Crippen molar-refractivity contribution in [3.05, 3.63) is 33.9 Å². The fourth-order valence-electron chi connectivity index (χ4n) is 2.54. The van der Waals surface area contributed by atoms with Gasteiger partial charge < -0.3 is 10.3 Å². The van der Waals surface area contributed by atoms with Crippen LogP contribution in [-0.2, 0) is 0 Å². The van der Waals surface area contributed by atoms with Gasteiger partial charge in [-0.15, -0.1) is 0 Å². The molecule has 0 bridgehead atoms. The number of halogens is 2. The molecular formula is C16H20Cl2N2O. The van der Waals surface area contributed by atoms with Gasteiger partial charge in [-0.05, 0) is 25.0 Å². The molecule has 1 aromatic carbocycles. The van der Waals surface area contributed by atoms with Crippen molar-refractivity contribution >= 4 is 29.1 Å². The van der Waals surface area contributed by atoms with Gasteiger partial charge in [0.1, 0.15) is 0 Å². The second-order valence-corrected chi connectivity index (χ2v) is 6.02. The summed E-state index contributed by atoms with van der Waals surface area (Å²) in [6.45, 7) is 4.33. The smallest absolute Gasteiger partial charge is 0.230 e. The molecule has 1 heterocycles. The summed E-state index contributed by atoms with van der Waals surface area (Å²) in [5.41, 5.74) is 8.51. The SMILES string of the molecule is CCCCC(CC)c1noc(N)c1-c1ccc(Cl)cc1Cl. The molecule has 114 valence electrons. The number of benzene rings is 1. The number of aromatic nitrogens is 1. The van der Waals surface area contributed by atoms with Gasteiger partial charge in [0.25, 0.3) is 0 Å². The molecule has 0 fully saturated rings. The van der Waals surface area contributed by atoms with E-state index in [4.69, 9.17) is 33.5 Å². The van der Waals surface area contributed by atoms with Crippen molar-refractivity contribution in [2.24, 2.45) is 0 Å². The Morgan fingerprint density at radius 1 is 1.29 bits per heavy atom. The van der Waals surface area contributed by atoms with Crippen LogP contribution in [0.15, 0.2) is 22.7 Å². The molecule has 21 heavy (non-hydrogen) atoms. The minimum absolute atomic E-state index is 0.309. The Hall–Kier alpha value is -1.19. The standard InChI is InChI=1S/C16H20Cl2N2O/c1-3-5-6-10(4-2)15-14(16(19)21-20-15)12-8-7-11(17)9-13(12)18/h7-10H,3-6,19H2,1-2H3. The second-order valence-electron chi connectivity index (χ2n) is 5.18. The van der Waals surface area contributed by atoms with Crippen LogP contribution >= 0.6 is 23.2 Å². The van der Waals surface area contributed by atoms with Crippen LogP contribution in [0.2, 0.25) is 10.0 Å². The summed E-state index contributed by atoms with van der Waals surface area (Å²) in [5, 5.41) is 5.34. The predicted molar refractivity (Wildman–Crippen MR) is 88.9 cm³/mol. The van der Waals surface area contributed by atoms with Crippen molar-refractivity contribution < 1.29 is 4.52 Å². The first-order valence-corrected chi connectivity index (χ1v) is 8.04. The topological polar surface area (TPSA) is 52.0 Å². The lowest BCUT2D eigenvalue weighted by Gasteiger charge is -2.14. The second kappa shape index (κ2) is 7.19. The zero-order valence-corrected chi connectivity index (χ0v) is 13.8. The molecule has 3 nitrogen and oxygen atoms in total. The van der Waals surface area contributed by atoms with E-state index in [2.05, 4.69) is 19.0 Å². The summed E-state index contributed by atoms with van der Waals surface area (Å²) in [4.78, 5) is 0. The van der Waals surface area contributed by atoms with Crippen molar-refractivity contribution in [3.8, 4) is 11.1 Å². The van der Waals surface area contributed by atoms with Crippen LogP contribution < -0.4 is 5.73 Å². The molecule has 0 saturated carbocycles. The van der Waals surface area contributed by atoms with Crippen molar-refractivity contribution in [3.63, 3.8) is 0 Å². The summed E-state index contributed by atoms with van der Waals surface area (Å²) in [6.07, 6.45) is 4.36. The average molecular weight is 327 g/mol. The molecule has 0 spiro atoms. The summed E-state index contributed by atoms with van der Waals surface area (Å²) >= 11 is 12.3. The van der Waals surface area contributed by atoms with Gasteiger partial charge in [0.15, 0.2) is 0 Å². The quantitative estimate of drug-likeness (QED) is 0.717. The normalized spacial score (nSPS) is 12.6. The molecule has 5 heteroatoms. The Kier molecular flexibility index (Phi) is 5.54. The lowest BCUT2D eigenvalue weighted by Crippen LogP contribution is -2.01. The number of rotatable bonds is 6. The molecular weight excluding hydrogens is 307 g/mol. The van der Waals surface area contributed by atoms with Crippen molar-refractivity contribution in [1.82, 2.24) is 5.16 Å². The average Bonchev–Trinajstić information content (AvgIpc) is 2.82. The maximum Gasteiger partial charge on any atom is 0.230 e. The van der Waals surface area contributed by atoms with E-state index in [0.717, 1.165) is 42.5 Å². The molecule has 0 amide bonds. The minimum atomic E-state index is 0.309. The van der Waals surface area contributed by atoms with Gasteiger partial charge in [0.05, 0.1) is 16.3 Å². The van der Waals surface area contributed by atoms with E-state index in [1.54, 1.807) is 12.1 Å². The van der Waals surface area contributed by atoms with Crippen molar-refractivity contribution in [1.29, 1.82) is 0 Å². The summed E-state index contributed by atoms with van der Waals surface area (Å²) in [5.74, 6) is 0.636. The minimum Gasteiger partial charge on any atom is -0.367 e. The number of hydrogen-bond acceptors (Lipinski definition) is 3. The number of nitrogen functional groups attached to an aromatic ring is 1. The van der Waals surface area contributed by atoms with Crippen LogP contribution in [0.5, 0.6) is 0 Å². The molecule has 1 atom stereocenters. The van der Waals surface area contributed by atoms with Crippen molar-refractivity contribution in [2.45, 2.75) is 45.4 Å². The molecule has 0 saturated heterocycles. The van der Waals surface area contributed by atoms with Gasteiger partial charge in [-0.25, -0.2) is 0 Å². The third-order valence-electron chi connectivity index (χ3n) is 3.73. The Morgan fingerprint density at radius 3 is 2.67 bits per heavy atom. The fraction of sp³-hybridized carbons (Fsp3) is 0.438. The maximum atomic E-state index is 6.31. The number of unbranched alkanes of at least 4 members (excludes halogenated alkanes) is 1. The van der Waals surface area contributed by atoms with E-state index in [9.17, 15) is 0 Å². The monoisotopic (exact) mass is 326 g/mol. The predicted octanol–water partition coefficient (Wildman–Crippen LogP) is 5.91. The highest BCUT2D eigenvalue weighted by Crippen LogP contribution is 2.40. The van der Waals surface area contributed by atoms with E-state index in [0.29, 0.717) is 21.8 Å². The van der Waals surface area contributed by atoms with Gasteiger partial charge in [-0.2, -0.15) is 0 Å². The van der Waals surface area contributed by atoms with Crippen molar-refractivity contribution in [2.75, 3.05) is 5.73 Å². The lowest BCUT2D eigenvalue weighted by atomic mass is 9.91. The van der Waals surface area contributed by atoms with E-state index >= 15 is 0 Å². The van der Waals surface area contributed by atoms with Crippen LogP contribution in [0.3, 0.4) is 0 Å². The van der Waals surface area contributed by atoms with Gasteiger partial charge in [-0.1, -0.05) is 61.1 Å². The highest BCUT2D eigenvalue weighted by molar-refractivity contribution is 6.36. The molecule has 2 aromatic rings. The van der Waals surface area contributed by atoms with E-state index < -0.39 is 0 Å². The first-order valence-electron chi connectivity index (χ1n) is 7.28. The first kappa shape index (κ1) is 16.2. The van der Waals surface area contributed by atoms with Gasteiger partial charge in [0, 0.05) is 16.5 Å². The molecule has 0 aliphatic rings. The Morgan fingerprint density at radius 2 is 2.05 bits per heavy atom. The summed E-state index contributed by atoms with van der Waals surface area (Å²) in [7, 11) is 0. The number of nitrogens with zero attached hydrogens (tertiary/aromatic N) is 1. The molecule has 1 aromatic heterocycles. The Labute approximate surface area is 135 Å². The third kappa shape index (κ3) is 3.53. The van der Waals surface area contributed by atoms with Crippen LogP contribution in [0.4, 0.5) is 5.88 Å². The van der Waals surface area contributed by atoms with Crippen LogP contribution in [-0.4, -0.2) is 5.16 Å². The van der Waals surface area contributed by atoms with E-state index in [-0.39, 0.29) is 0 Å². The highest BCUT2D eigenvalue weighted by Gasteiger charge is 2.23. The number of nitrogens with two attached hydrogens (primary N) is 1. The molecule has 1 unspecified atom stereocenters. The summed E-state index contributed by atoms with van der Waals surface area (Å²) < 4.78 is 5.23. The molecule has 2 rings (SSSR count). The van der Waals surface area contributed by atoms with Gasteiger partial charge in [-0.3, -0.25) is 0 Å².